The van der Waals surface area contributed by atoms with Crippen LogP contribution in [0.4, 0.5) is 26.1 Å². The molecule has 1 N–H and O–H groups in total. The molecule has 15 heteroatoms. The van der Waals surface area contributed by atoms with Gasteiger partial charge in [-0.05, 0) is 49.9 Å². The van der Waals surface area contributed by atoms with E-state index in [0.717, 1.165) is 41.4 Å². The van der Waals surface area contributed by atoms with Crippen LogP contribution in [0.1, 0.15) is 17.5 Å². The monoisotopic (exact) mass is 687 g/mol. The SMILES string of the molecule is CCc1nc2ccc(-c3cnc(N4CCN(C(=O)NC5CN(C)C5)CC4)nc3)cn2c1N(C)c1nc(-c2ccc(F)cc2)c(C#N)s1.Cl. The van der Waals surface area contributed by atoms with E-state index in [2.05, 4.69) is 38.1 Å². The quantitative estimate of drug-likeness (QED) is 0.257. The number of anilines is 3. The number of aryl methyl sites for hydroxylation is 1. The van der Waals surface area contributed by atoms with Gasteiger partial charge in [-0.25, -0.2) is 29.1 Å². The third-order valence-electron chi connectivity index (χ3n) is 8.65. The molecule has 12 nitrogen and oxygen atoms in total. The van der Waals surface area contributed by atoms with Gasteiger partial charge in [0.1, 0.15) is 33.9 Å². The van der Waals surface area contributed by atoms with E-state index in [0.29, 0.717) is 59.8 Å². The van der Waals surface area contributed by atoms with Crippen LogP contribution in [0.3, 0.4) is 0 Å². The average Bonchev–Trinajstić information content (AvgIpc) is 3.69. The van der Waals surface area contributed by atoms with Gasteiger partial charge in [-0.1, -0.05) is 18.3 Å². The van der Waals surface area contributed by atoms with Crippen LogP contribution >= 0.6 is 23.7 Å². The topological polar surface area (TPSA) is 122 Å². The van der Waals surface area contributed by atoms with E-state index in [4.69, 9.17) is 9.97 Å². The van der Waals surface area contributed by atoms with Crippen molar-refractivity contribution in [2.75, 3.05) is 63.2 Å². The Morgan fingerprint density at radius 3 is 2.38 bits per heavy atom. The number of likely N-dealkylation sites (N-methyl/N-ethyl adjacent to an activating group) is 1. The van der Waals surface area contributed by atoms with Crippen molar-refractivity contribution in [2.24, 2.45) is 0 Å². The predicted octanol–water partition coefficient (Wildman–Crippen LogP) is 4.82. The second-order valence-corrected chi connectivity index (χ2v) is 12.8. The molecule has 0 spiro atoms. The molecule has 0 atom stereocenters. The molecule has 0 saturated carbocycles. The summed E-state index contributed by atoms with van der Waals surface area (Å²) in [6.45, 7) is 6.42. The van der Waals surface area contributed by atoms with E-state index in [1.807, 2.05) is 59.0 Å². The van der Waals surface area contributed by atoms with Crippen LogP contribution in [0.15, 0.2) is 55.0 Å². The number of rotatable bonds is 7. The Bertz CT molecular complexity index is 1960. The normalized spacial score (nSPS) is 15.1. The first-order valence-corrected chi connectivity index (χ1v) is 16.4. The minimum Gasteiger partial charge on any atom is -0.337 e. The van der Waals surface area contributed by atoms with Crippen molar-refractivity contribution >= 4 is 52.3 Å². The molecule has 5 aromatic rings. The van der Waals surface area contributed by atoms with Gasteiger partial charge in [-0.2, -0.15) is 5.26 Å². The number of pyridine rings is 1. The van der Waals surface area contributed by atoms with E-state index in [1.165, 1.54) is 23.5 Å². The first kappa shape index (κ1) is 33.1. The molecular formula is C33H35ClFN11OS. The Kier molecular flexibility index (Phi) is 9.45. The minimum atomic E-state index is -0.342. The molecule has 2 saturated heterocycles. The zero-order chi connectivity index (χ0) is 32.7. The minimum absolute atomic E-state index is 0. The van der Waals surface area contributed by atoms with Crippen molar-refractivity contribution in [3.63, 3.8) is 0 Å². The second-order valence-electron chi connectivity index (χ2n) is 11.8. The molecule has 2 amide bonds. The molecule has 248 valence electrons. The first-order chi connectivity index (χ1) is 22.8. The largest absolute Gasteiger partial charge is 0.337 e. The zero-order valence-electron chi connectivity index (χ0n) is 26.8. The standard InChI is InChI=1S/C33H34FN11OS.ClH/c1-4-26-30(42(3)33-40-29(27(15-35)47-33)21-5-8-24(34)9-6-21)45-18-22(7-10-28(45)39-26)23-16-36-31(37-17-23)43-11-13-44(14-12-43)32(46)38-25-19-41(2)20-25;/h5-10,16-18,25H,4,11-14,19-20H2,1-3H3,(H,38,46);1H. The van der Waals surface area contributed by atoms with Crippen LogP contribution in [-0.4, -0.2) is 99.6 Å². The summed E-state index contributed by atoms with van der Waals surface area (Å²) in [5, 5.41) is 13.6. The summed E-state index contributed by atoms with van der Waals surface area (Å²) < 4.78 is 15.6. The van der Waals surface area contributed by atoms with Crippen LogP contribution in [0.2, 0.25) is 0 Å². The van der Waals surface area contributed by atoms with Crippen LogP contribution in [0, 0.1) is 17.1 Å². The van der Waals surface area contributed by atoms with Gasteiger partial charge >= 0.3 is 6.03 Å². The molecule has 2 aliphatic heterocycles. The number of fused-ring (bicyclic) bond motifs is 1. The number of amides is 2. The number of benzene rings is 1. The third-order valence-corrected chi connectivity index (χ3v) is 9.69. The summed E-state index contributed by atoms with van der Waals surface area (Å²) in [5.74, 6) is 1.14. The second kappa shape index (κ2) is 13.7. The van der Waals surface area contributed by atoms with Gasteiger partial charge in [0.25, 0.3) is 0 Å². The van der Waals surface area contributed by atoms with Crippen LogP contribution in [-0.2, 0) is 6.42 Å². The molecule has 48 heavy (non-hydrogen) atoms. The number of urea groups is 1. The lowest BCUT2D eigenvalue weighted by Crippen LogP contribution is -2.61. The number of nitriles is 1. The number of hydrogen-bond acceptors (Lipinski definition) is 10. The molecule has 0 bridgehead atoms. The molecule has 6 heterocycles. The number of nitrogens with zero attached hydrogens (tertiary/aromatic N) is 10. The summed E-state index contributed by atoms with van der Waals surface area (Å²) in [6, 6.07) is 12.5. The number of halogens is 2. The van der Waals surface area contributed by atoms with Gasteiger partial charge in [-0.3, -0.25) is 4.40 Å². The highest BCUT2D eigenvalue weighted by Gasteiger charge is 2.29. The lowest BCUT2D eigenvalue weighted by atomic mass is 10.1. The number of aromatic nitrogens is 5. The van der Waals surface area contributed by atoms with Crippen molar-refractivity contribution < 1.29 is 9.18 Å². The Labute approximate surface area is 287 Å². The Hall–Kier alpha value is -4.84. The first-order valence-electron chi connectivity index (χ1n) is 15.5. The number of nitrogens with one attached hydrogen (secondary N) is 1. The highest BCUT2D eigenvalue weighted by molar-refractivity contribution is 7.16. The van der Waals surface area contributed by atoms with E-state index in [1.54, 1.807) is 12.1 Å². The van der Waals surface area contributed by atoms with Gasteiger partial charge in [0.2, 0.25) is 5.95 Å². The maximum Gasteiger partial charge on any atom is 0.317 e. The van der Waals surface area contributed by atoms with E-state index in [9.17, 15) is 14.4 Å². The summed E-state index contributed by atoms with van der Waals surface area (Å²) >= 11 is 1.28. The van der Waals surface area contributed by atoms with Crippen molar-refractivity contribution in [3.8, 4) is 28.5 Å². The highest BCUT2D eigenvalue weighted by atomic mass is 35.5. The lowest BCUT2D eigenvalue weighted by molar-refractivity contribution is 0.144. The number of thiazole rings is 1. The van der Waals surface area contributed by atoms with E-state index >= 15 is 0 Å². The van der Waals surface area contributed by atoms with E-state index < -0.39 is 0 Å². The molecule has 2 fully saturated rings. The average molecular weight is 688 g/mol. The smallest absolute Gasteiger partial charge is 0.317 e. The summed E-state index contributed by atoms with van der Waals surface area (Å²) in [6.07, 6.45) is 6.36. The fourth-order valence-corrected chi connectivity index (χ4v) is 6.91. The number of carbonyl (C=O) groups excluding carboxylic acids is 1. The molecule has 0 unspecified atom stereocenters. The Balaban J connectivity index is 0.00000401. The maximum atomic E-state index is 13.6. The molecule has 0 aliphatic carbocycles. The zero-order valence-corrected chi connectivity index (χ0v) is 28.4. The lowest BCUT2D eigenvalue weighted by Gasteiger charge is -2.39. The number of piperazine rings is 1. The number of likely N-dealkylation sites (tertiary alicyclic amines) is 1. The molecule has 2 aliphatic rings. The summed E-state index contributed by atoms with van der Waals surface area (Å²) in [4.78, 5) is 40.2. The van der Waals surface area contributed by atoms with Crippen LogP contribution in [0.25, 0.3) is 28.0 Å². The highest BCUT2D eigenvalue weighted by Crippen LogP contribution is 2.37. The molecule has 7 rings (SSSR count). The number of imidazole rings is 1. The fourth-order valence-electron chi connectivity index (χ4n) is 6.07. The third kappa shape index (κ3) is 6.36. The van der Waals surface area contributed by atoms with Gasteiger partial charge in [-0.15, -0.1) is 12.4 Å². The number of carbonyl (C=O) groups is 1. The van der Waals surface area contributed by atoms with Crippen molar-refractivity contribution in [1.29, 1.82) is 5.26 Å². The van der Waals surface area contributed by atoms with Gasteiger partial charge in [0, 0.05) is 81.6 Å². The molecule has 4 aromatic heterocycles. The van der Waals surface area contributed by atoms with Crippen molar-refractivity contribution in [1.82, 2.24) is 39.5 Å². The molecular weight excluding hydrogens is 653 g/mol. The summed E-state index contributed by atoms with van der Waals surface area (Å²) in [7, 11) is 3.96. The Morgan fingerprint density at radius 2 is 1.73 bits per heavy atom. The molecule has 1 aromatic carbocycles. The van der Waals surface area contributed by atoms with Crippen LogP contribution < -0.4 is 15.1 Å². The van der Waals surface area contributed by atoms with Crippen LogP contribution in [0.5, 0.6) is 0 Å². The Morgan fingerprint density at radius 1 is 1.04 bits per heavy atom. The van der Waals surface area contributed by atoms with Crippen molar-refractivity contribution in [3.05, 3.63) is 71.4 Å². The predicted molar refractivity (Wildman–Crippen MR) is 187 cm³/mol. The maximum absolute atomic E-state index is 13.6. The number of hydrogen-bond donors (Lipinski definition) is 1. The van der Waals surface area contributed by atoms with E-state index in [-0.39, 0.29) is 30.3 Å². The molecule has 0 radical (unpaired) electrons. The van der Waals surface area contributed by atoms with Gasteiger partial charge < -0.3 is 24.9 Å². The van der Waals surface area contributed by atoms with Crippen molar-refractivity contribution in [2.45, 2.75) is 19.4 Å². The van der Waals surface area contributed by atoms with Gasteiger partial charge in [0.15, 0.2) is 5.13 Å². The van der Waals surface area contributed by atoms with Gasteiger partial charge in [0.05, 0.1) is 11.7 Å². The fraction of sp³-hybridized carbons (Fsp3) is 0.333. The summed E-state index contributed by atoms with van der Waals surface area (Å²) in [5.41, 5.74) is 4.66.